The molecule has 5 heteroatoms. The molecule has 1 aromatic heterocycles. The van der Waals surface area contributed by atoms with Crippen molar-refractivity contribution in [1.82, 2.24) is 4.98 Å². The third-order valence-corrected chi connectivity index (χ3v) is 3.36. The fourth-order valence-electron chi connectivity index (χ4n) is 2.16. The molecule has 0 saturated heterocycles. The van der Waals surface area contributed by atoms with Gasteiger partial charge in [-0.15, -0.1) is 0 Å². The second-order valence-corrected chi connectivity index (χ2v) is 5.38. The van der Waals surface area contributed by atoms with Crippen molar-refractivity contribution >= 4 is 17.4 Å². The Morgan fingerprint density at radius 2 is 2.12 bits per heavy atom. The van der Waals surface area contributed by atoms with Gasteiger partial charge in [0.15, 0.2) is 0 Å². The number of anilines is 2. The van der Waals surface area contributed by atoms with Crippen LogP contribution in [-0.4, -0.2) is 17.5 Å². The lowest BCUT2D eigenvalue weighted by Crippen LogP contribution is -2.15. The zero-order valence-electron chi connectivity index (χ0n) is 14.1. The van der Waals surface area contributed by atoms with Crippen LogP contribution >= 0.6 is 0 Å². The maximum Gasteiger partial charge on any atom is 0.259 e. The quantitative estimate of drug-likeness (QED) is 0.596. The highest BCUT2D eigenvalue weighted by Crippen LogP contribution is 2.19. The first-order valence-corrected chi connectivity index (χ1v) is 8.02. The zero-order chi connectivity index (χ0) is 17.4. The van der Waals surface area contributed by atoms with E-state index < -0.39 is 0 Å². The Morgan fingerprint density at radius 1 is 1.29 bits per heavy atom. The molecule has 1 aromatic carbocycles. The fraction of sp³-hybridized carbons (Fsp3) is 0.263. The lowest BCUT2D eigenvalue weighted by molar-refractivity contribution is 0.102. The molecule has 5 nitrogen and oxygen atoms in total. The number of carbonyl (C=O) groups excluding carboxylic acids is 1. The molecule has 24 heavy (non-hydrogen) atoms. The fourth-order valence-corrected chi connectivity index (χ4v) is 2.16. The summed E-state index contributed by atoms with van der Waals surface area (Å²) in [7, 11) is 0. The van der Waals surface area contributed by atoms with Gasteiger partial charge in [0.2, 0.25) is 0 Å². The van der Waals surface area contributed by atoms with Gasteiger partial charge in [-0.05, 0) is 44.0 Å². The van der Waals surface area contributed by atoms with E-state index in [0.29, 0.717) is 23.6 Å². The van der Waals surface area contributed by atoms with Crippen molar-refractivity contribution in [1.29, 1.82) is 0 Å². The standard InChI is InChI=1S/C19H23N3O2/c1-3-4-5-6-12-24-16-9-7-8-15(13-16)22-19(23)17-11-10-14(2)21-18(17)20/h4-5,7-11,13H,3,6,12H2,1-2H3,(H2,20,21)(H,22,23). The molecule has 0 radical (unpaired) electrons. The molecular formula is C19H23N3O2. The summed E-state index contributed by atoms with van der Waals surface area (Å²) < 4.78 is 5.68. The highest BCUT2D eigenvalue weighted by atomic mass is 16.5. The number of carbonyl (C=O) groups is 1. The van der Waals surface area contributed by atoms with Gasteiger partial charge in [0.25, 0.3) is 5.91 Å². The number of benzene rings is 1. The highest BCUT2D eigenvalue weighted by Gasteiger charge is 2.11. The molecule has 0 fully saturated rings. The van der Waals surface area contributed by atoms with E-state index in [4.69, 9.17) is 10.5 Å². The van der Waals surface area contributed by atoms with Crippen molar-refractivity contribution in [3.63, 3.8) is 0 Å². The molecule has 2 rings (SSSR count). The molecule has 0 aliphatic carbocycles. The second kappa shape index (κ2) is 8.72. The Bertz CT molecular complexity index is 726. The molecule has 0 atom stereocenters. The molecular weight excluding hydrogens is 302 g/mol. The Kier molecular flexibility index (Phi) is 6.37. The minimum atomic E-state index is -0.289. The van der Waals surface area contributed by atoms with Gasteiger partial charge < -0.3 is 15.8 Å². The average Bonchev–Trinajstić information content (AvgIpc) is 2.55. The minimum Gasteiger partial charge on any atom is -0.493 e. The smallest absolute Gasteiger partial charge is 0.259 e. The number of amides is 1. The van der Waals surface area contributed by atoms with E-state index in [1.54, 1.807) is 24.3 Å². The van der Waals surface area contributed by atoms with Crippen molar-refractivity contribution in [3.8, 4) is 5.75 Å². The Balaban J connectivity index is 1.98. The van der Waals surface area contributed by atoms with E-state index in [-0.39, 0.29) is 11.7 Å². The molecule has 0 aliphatic rings. The van der Waals surface area contributed by atoms with Crippen LogP contribution in [0.5, 0.6) is 5.75 Å². The van der Waals surface area contributed by atoms with Gasteiger partial charge in [-0.25, -0.2) is 4.98 Å². The number of allylic oxidation sites excluding steroid dienone is 1. The first-order chi connectivity index (χ1) is 11.6. The van der Waals surface area contributed by atoms with Crippen LogP contribution in [0, 0.1) is 6.92 Å². The van der Waals surface area contributed by atoms with Crippen LogP contribution in [0.2, 0.25) is 0 Å². The first kappa shape index (κ1) is 17.5. The molecule has 1 heterocycles. The van der Waals surface area contributed by atoms with E-state index in [1.807, 2.05) is 19.1 Å². The number of aromatic nitrogens is 1. The van der Waals surface area contributed by atoms with Gasteiger partial charge in [-0.1, -0.05) is 25.1 Å². The SMILES string of the molecule is CCC=CCCOc1cccc(NC(=O)c2ccc(C)nc2N)c1. The Morgan fingerprint density at radius 3 is 2.88 bits per heavy atom. The summed E-state index contributed by atoms with van der Waals surface area (Å²) in [5, 5.41) is 2.82. The van der Waals surface area contributed by atoms with Crippen LogP contribution in [-0.2, 0) is 0 Å². The molecule has 0 bridgehead atoms. The van der Waals surface area contributed by atoms with Gasteiger partial charge in [0.1, 0.15) is 11.6 Å². The van der Waals surface area contributed by atoms with Crippen LogP contribution in [0.25, 0.3) is 0 Å². The second-order valence-electron chi connectivity index (χ2n) is 5.38. The van der Waals surface area contributed by atoms with Gasteiger partial charge >= 0.3 is 0 Å². The number of nitrogens with two attached hydrogens (primary N) is 1. The third kappa shape index (κ3) is 5.12. The lowest BCUT2D eigenvalue weighted by Gasteiger charge is -2.10. The number of nitrogens with zero attached hydrogens (tertiary/aromatic N) is 1. The maximum atomic E-state index is 12.3. The Labute approximate surface area is 142 Å². The summed E-state index contributed by atoms with van der Waals surface area (Å²) in [6, 6.07) is 10.7. The molecule has 3 N–H and O–H groups in total. The number of nitrogen functional groups attached to an aromatic ring is 1. The number of rotatable bonds is 7. The van der Waals surface area contributed by atoms with E-state index in [2.05, 4.69) is 29.4 Å². The van der Waals surface area contributed by atoms with Crippen molar-refractivity contribution in [2.45, 2.75) is 26.7 Å². The van der Waals surface area contributed by atoms with E-state index in [0.717, 1.165) is 18.5 Å². The average molecular weight is 325 g/mol. The van der Waals surface area contributed by atoms with Crippen molar-refractivity contribution in [2.75, 3.05) is 17.7 Å². The first-order valence-electron chi connectivity index (χ1n) is 8.02. The number of nitrogens with one attached hydrogen (secondary N) is 1. The summed E-state index contributed by atoms with van der Waals surface area (Å²) in [5.74, 6) is 0.651. The summed E-state index contributed by atoms with van der Waals surface area (Å²) in [6.07, 6.45) is 6.09. The number of hydrogen-bond donors (Lipinski definition) is 2. The number of hydrogen-bond acceptors (Lipinski definition) is 4. The summed E-state index contributed by atoms with van der Waals surface area (Å²) in [6.45, 7) is 4.52. The van der Waals surface area contributed by atoms with E-state index >= 15 is 0 Å². The van der Waals surface area contributed by atoms with Crippen molar-refractivity contribution < 1.29 is 9.53 Å². The highest BCUT2D eigenvalue weighted by molar-refractivity contribution is 6.07. The van der Waals surface area contributed by atoms with Crippen LogP contribution in [0.3, 0.4) is 0 Å². The lowest BCUT2D eigenvalue weighted by atomic mass is 10.2. The molecule has 0 unspecified atom stereocenters. The molecule has 0 saturated carbocycles. The topological polar surface area (TPSA) is 77.2 Å². The summed E-state index contributed by atoms with van der Waals surface area (Å²) in [4.78, 5) is 16.4. The largest absolute Gasteiger partial charge is 0.493 e. The van der Waals surface area contributed by atoms with Crippen LogP contribution in [0.15, 0.2) is 48.6 Å². The van der Waals surface area contributed by atoms with Crippen molar-refractivity contribution in [3.05, 3.63) is 59.8 Å². The Hall–Kier alpha value is -2.82. The number of ether oxygens (including phenoxy) is 1. The van der Waals surface area contributed by atoms with Crippen LogP contribution in [0.1, 0.15) is 35.8 Å². The van der Waals surface area contributed by atoms with Gasteiger partial charge in [-0.2, -0.15) is 0 Å². The maximum absolute atomic E-state index is 12.3. The molecule has 0 aliphatic heterocycles. The molecule has 126 valence electrons. The number of pyridine rings is 1. The van der Waals surface area contributed by atoms with E-state index in [9.17, 15) is 4.79 Å². The molecule has 0 spiro atoms. The summed E-state index contributed by atoms with van der Waals surface area (Å²) >= 11 is 0. The van der Waals surface area contributed by atoms with Crippen LogP contribution in [0.4, 0.5) is 11.5 Å². The monoisotopic (exact) mass is 325 g/mol. The predicted octanol–water partition coefficient (Wildman–Crippen LogP) is 3.96. The normalized spacial score (nSPS) is 10.8. The van der Waals surface area contributed by atoms with Gasteiger partial charge in [-0.3, -0.25) is 4.79 Å². The van der Waals surface area contributed by atoms with E-state index in [1.165, 1.54) is 0 Å². The van der Waals surface area contributed by atoms with Crippen LogP contribution < -0.4 is 15.8 Å². The molecule has 1 amide bonds. The van der Waals surface area contributed by atoms with Gasteiger partial charge in [0, 0.05) is 17.4 Å². The van der Waals surface area contributed by atoms with Crippen molar-refractivity contribution in [2.24, 2.45) is 0 Å². The third-order valence-electron chi connectivity index (χ3n) is 3.36. The molecule has 2 aromatic rings. The van der Waals surface area contributed by atoms with Gasteiger partial charge in [0.05, 0.1) is 12.2 Å². The number of aryl methyl sites for hydroxylation is 1. The predicted molar refractivity (Wildman–Crippen MR) is 97.3 cm³/mol. The minimum absolute atomic E-state index is 0.225. The zero-order valence-corrected chi connectivity index (χ0v) is 14.1. The summed E-state index contributed by atoms with van der Waals surface area (Å²) in [5.41, 5.74) is 7.60.